The zero-order valence-corrected chi connectivity index (χ0v) is 17.5. The highest BCUT2D eigenvalue weighted by molar-refractivity contribution is 6.01. The first-order chi connectivity index (χ1) is 14.9. The molecule has 0 bridgehead atoms. The highest BCUT2D eigenvalue weighted by atomic mass is 16.3. The van der Waals surface area contributed by atoms with Gasteiger partial charge in [-0.1, -0.05) is 38.1 Å². The summed E-state index contributed by atoms with van der Waals surface area (Å²) in [7, 11) is 0. The van der Waals surface area contributed by atoms with Crippen molar-refractivity contribution in [1.29, 1.82) is 0 Å². The summed E-state index contributed by atoms with van der Waals surface area (Å²) in [5, 5.41) is 13.0. The van der Waals surface area contributed by atoms with Crippen LogP contribution in [-0.4, -0.2) is 31.9 Å². The standard InChI is InChI=1S/C24H24N6O/c1-24(2,14-31)17-4-6-18(7-5-17)28-22-23-26-9-10-30(23)13-20(29-22)15-3-8-19-16(11-15)12-27-21(19)25/h3-11,13,31H,12,14H2,1-2H3,(H2,25,27)(H,28,29). The monoisotopic (exact) mass is 412 g/mol. The molecule has 1 aliphatic heterocycles. The summed E-state index contributed by atoms with van der Waals surface area (Å²) in [6.45, 7) is 4.73. The Hall–Kier alpha value is -3.71. The number of nitrogens with one attached hydrogen (secondary N) is 1. The summed E-state index contributed by atoms with van der Waals surface area (Å²) < 4.78 is 1.96. The first-order valence-electron chi connectivity index (χ1n) is 10.2. The maximum atomic E-state index is 9.61. The van der Waals surface area contributed by atoms with Gasteiger partial charge in [0.05, 0.1) is 18.8 Å². The smallest absolute Gasteiger partial charge is 0.180 e. The van der Waals surface area contributed by atoms with Gasteiger partial charge in [-0.3, -0.25) is 4.99 Å². The van der Waals surface area contributed by atoms with Crippen LogP contribution in [0.4, 0.5) is 11.5 Å². The van der Waals surface area contributed by atoms with Crippen molar-refractivity contribution in [2.45, 2.75) is 25.8 Å². The van der Waals surface area contributed by atoms with E-state index in [9.17, 15) is 5.11 Å². The Morgan fingerprint density at radius 3 is 2.74 bits per heavy atom. The maximum absolute atomic E-state index is 9.61. The lowest BCUT2D eigenvalue weighted by atomic mass is 9.85. The van der Waals surface area contributed by atoms with Crippen LogP contribution in [0.5, 0.6) is 0 Å². The van der Waals surface area contributed by atoms with Gasteiger partial charge in [0.2, 0.25) is 0 Å². The summed E-state index contributed by atoms with van der Waals surface area (Å²) in [6, 6.07) is 14.2. The van der Waals surface area contributed by atoms with Crippen molar-refractivity contribution in [1.82, 2.24) is 14.4 Å². The fraction of sp³-hybridized carbons (Fsp3) is 0.208. The minimum Gasteiger partial charge on any atom is -0.395 e. The Balaban J connectivity index is 1.51. The Morgan fingerprint density at radius 2 is 1.97 bits per heavy atom. The molecule has 4 aromatic rings. The third kappa shape index (κ3) is 3.43. The number of benzene rings is 2. The minimum atomic E-state index is -0.284. The number of aliphatic hydroxyl groups excluding tert-OH is 1. The van der Waals surface area contributed by atoms with E-state index >= 15 is 0 Å². The van der Waals surface area contributed by atoms with Crippen LogP contribution in [0.3, 0.4) is 0 Å². The van der Waals surface area contributed by atoms with Gasteiger partial charge in [-0.05, 0) is 29.3 Å². The number of rotatable bonds is 5. The predicted molar refractivity (Wildman–Crippen MR) is 123 cm³/mol. The van der Waals surface area contributed by atoms with Crippen LogP contribution in [0.2, 0.25) is 0 Å². The van der Waals surface area contributed by atoms with E-state index in [1.807, 2.05) is 67.0 Å². The molecular weight excluding hydrogens is 388 g/mol. The van der Waals surface area contributed by atoms with Gasteiger partial charge < -0.3 is 20.6 Å². The first-order valence-corrected chi connectivity index (χ1v) is 10.2. The van der Waals surface area contributed by atoms with Crippen molar-refractivity contribution in [3.63, 3.8) is 0 Å². The van der Waals surface area contributed by atoms with Gasteiger partial charge in [0, 0.05) is 40.8 Å². The second kappa shape index (κ2) is 7.21. The maximum Gasteiger partial charge on any atom is 0.180 e. The molecule has 0 atom stereocenters. The van der Waals surface area contributed by atoms with Crippen LogP contribution in [0.15, 0.2) is 66.0 Å². The van der Waals surface area contributed by atoms with Gasteiger partial charge in [0.15, 0.2) is 11.5 Å². The van der Waals surface area contributed by atoms with E-state index in [1.54, 1.807) is 6.20 Å². The number of nitrogens with two attached hydrogens (primary N) is 1. The van der Waals surface area contributed by atoms with Crippen LogP contribution < -0.4 is 11.1 Å². The number of aliphatic hydroxyl groups is 1. The minimum absolute atomic E-state index is 0.0928. The highest BCUT2D eigenvalue weighted by Gasteiger charge is 2.19. The van der Waals surface area contributed by atoms with Crippen molar-refractivity contribution < 1.29 is 5.11 Å². The Bertz CT molecular complexity index is 1300. The SMILES string of the molecule is CC(C)(CO)c1ccc(Nc2nc(-c3ccc4c(c3)CN=C4N)cn3ccnc23)cc1. The van der Waals surface area contributed by atoms with Crippen molar-refractivity contribution in [2.24, 2.45) is 10.7 Å². The van der Waals surface area contributed by atoms with E-state index in [0.29, 0.717) is 18.2 Å². The molecule has 0 saturated carbocycles. The molecule has 4 N–H and O–H groups in total. The molecule has 5 rings (SSSR count). The van der Waals surface area contributed by atoms with E-state index in [0.717, 1.165) is 39.3 Å². The molecular formula is C24H24N6O. The average molecular weight is 412 g/mol. The molecule has 156 valence electrons. The molecule has 0 unspecified atom stereocenters. The summed E-state index contributed by atoms with van der Waals surface area (Å²) in [5.41, 5.74) is 12.3. The molecule has 1 aliphatic rings. The lowest BCUT2D eigenvalue weighted by molar-refractivity contribution is 0.218. The van der Waals surface area contributed by atoms with Crippen LogP contribution in [0, 0.1) is 0 Å². The normalized spacial score (nSPS) is 13.3. The van der Waals surface area contributed by atoms with Gasteiger partial charge >= 0.3 is 0 Å². The fourth-order valence-electron chi connectivity index (χ4n) is 3.78. The van der Waals surface area contributed by atoms with Gasteiger partial charge in [-0.15, -0.1) is 0 Å². The third-order valence-corrected chi connectivity index (χ3v) is 5.80. The average Bonchev–Trinajstić information content (AvgIpc) is 3.40. The largest absolute Gasteiger partial charge is 0.395 e. The molecule has 0 spiro atoms. The van der Waals surface area contributed by atoms with Crippen LogP contribution in [0.25, 0.3) is 16.9 Å². The molecule has 0 saturated heterocycles. The van der Waals surface area contributed by atoms with Crippen molar-refractivity contribution in [3.8, 4) is 11.3 Å². The highest BCUT2D eigenvalue weighted by Crippen LogP contribution is 2.29. The third-order valence-electron chi connectivity index (χ3n) is 5.80. The Morgan fingerprint density at radius 1 is 1.16 bits per heavy atom. The predicted octanol–water partition coefficient (Wildman–Crippen LogP) is 3.63. The number of fused-ring (bicyclic) bond motifs is 2. The first kappa shape index (κ1) is 19.3. The number of aliphatic imine (C=N–C) groups is 1. The van der Waals surface area contributed by atoms with E-state index < -0.39 is 0 Å². The molecule has 0 fully saturated rings. The second-order valence-electron chi connectivity index (χ2n) is 8.45. The number of anilines is 2. The van der Waals surface area contributed by atoms with Crippen molar-refractivity contribution >= 4 is 23.0 Å². The van der Waals surface area contributed by atoms with Crippen molar-refractivity contribution in [3.05, 3.63) is 77.7 Å². The number of amidine groups is 1. The zero-order valence-electron chi connectivity index (χ0n) is 17.5. The van der Waals surface area contributed by atoms with Gasteiger partial charge in [-0.2, -0.15) is 0 Å². The number of hydrogen-bond acceptors (Lipinski definition) is 6. The molecule has 0 radical (unpaired) electrons. The number of hydrogen-bond donors (Lipinski definition) is 3. The van der Waals surface area contributed by atoms with E-state index in [1.165, 1.54) is 0 Å². The van der Waals surface area contributed by atoms with Crippen LogP contribution in [-0.2, 0) is 12.0 Å². The molecule has 0 amide bonds. The van der Waals surface area contributed by atoms with Gasteiger partial charge in [0.1, 0.15) is 5.84 Å². The topological polar surface area (TPSA) is 101 Å². The summed E-state index contributed by atoms with van der Waals surface area (Å²) in [6.07, 6.45) is 5.64. The molecule has 7 heteroatoms. The van der Waals surface area contributed by atoms with Crippen LogP contribution >= 0.6 is 0 Å². The summed E-state index contributed by atoms with van der Waals surface area (Å²) >= 11 is 0. The lowest BCUT2D eigenvalue weighted by Gasteiger charge is -2.22. The summed E-state index contributed by atoms with van der Waals surface area (Å²) in [5.74, 6) is 1.27. The number of nitrogens with zero attached hydrogens (tertiary/aromatic N) is 4. The Labute approximate surface area is 180 Å². The van der Waals surface area contributed by atoms with Crippen LogP contribution in [0.1, 0.15) is 30.5 Å². The quantitative estimate of drug-likeness (QED) is 0.465. The molecule has 2 aromatic carbocycles. The molecule has 0 aliphatic carbocycles. The Kier molecular flexibility index (Phi) is 4.48. The van der Waals surface area contributed by atoms with Gasteiger partial charge in [-0.25, -0.2) is 9.97 Å². The van der Waals surface area contributed by atoms with Gasteiger partial charge in [0.25, 0.3) is 0 Å². The lowest BCUT2D eigenvalue weighted by Crippen LogP contribution is -2.21. The number of aromatic nitrogens is 3. The van der Waals surface area contributed by atoms with E-state index in [-0.39, 0.29) is 12.0 Å². The second-order valence-corrected chi connectivity index (χ2v) is 8.45. The number of imidazole rings is 1. The fourth-order valence-corrected chi connectivity index (χ4v) is 3.78. The zero-order chi connectivity index (χ0) is 21.6. The molecule has 3 heterocycles. The summed E-state index contributed by atoms with van der Waals surface area (Å²) in [4.78, 5) is 13.6. The van der Waals surface area contributed by atoms with E-state index in [4.69, 9.17) is 10.7 Å². The molecule has 7 nitrogen and oxygen atoms in total. The van der Waals surface area contributed by atoms with Crippen molar-refractivity contribution in [2.75, 3.05) is 11.9 Å². The molecule has 31 heavy (non-hydrogen) atoms. The molecule has 2 aromatic heterocycles. The van der Waals surface area contributed by atoms with E-state index in [2.05, 4.69) is 21.4 Å².